The summed E-state index contributed by atoms with van der Waals surface area (Å²) in [6.07, 6.45) is 1.67. The van der Waals surface area contributed by atoms with Gasteiger partial charge in [0, 0.05) is 28.8 Å². The third-order valence-electron chi connectivity index (χ3n) is 4.09. The Balaban J connectivity index is 1.85. The van der Waals surface area contributed by atoms with Crippen molar-refractivity contribution in [2.45, 2.75) is 20.4 Å². The second kappa shape index (κ2) is 5.94. The Morgan fingerprint density at radius 3 is 2.68 bits per heavy atom. The standard InChI is InChI=1S/C18H16N6O/c1-3-24-22-18(21-23-24)12-4-6-14-11(2)8-15(20-16(14)9-12)13-5-7-17(25)19-10-13/h4-10H,3H2,1-2H3,(H,19,25). The number of pyridine rings is 2. The van der Waals surface area contributed by atoms with E-state index in [0.29, 0.717) is 12.4 Å². The van der Waals surface area contributed by atoms with Crippen molar-refractivity contribution in [3.05, 3.63) is 58.5 Å². The minimum absolute atomic E-state index is 0.131. The maximum Gasteiger partial charge on any atom is 0.247 e. The molecule has 0 aliphatic heterocycles. The minimum Gasteiger partial charge on any atom is -0.328 e. The molecule has 7 nitrogen and oxygen atoms in total. The van der Waals surface area contributed by atoms with E-state index in [-0.39, 0.29) is 5.56 Å². The van der Waals surface area contributed by atoms with Crippen molar-refractivity contribution in [3.8, 4) is 22.6 Å². The van der Waals surface area contributed by atoms with Crippen LogP contribution in [0, 0.1) is 6.92 Å². The van der Waals surface area contributed by atoms with Gasteiger partial charge in [-0.3, -0.25) is 4.79 Å². The van der Waals surface area contributed by atoms with Crippen LogP contribution in [0.4, 0.5) is 0 Å². The molecule has 1 aromatic carbocycles. The number of nitrogens with one attached hydrogen (secondary N) is 1. The molecule has 0 bridgehead atoms. The summed E-state index contributed by atoms with van der Waals surface area (Å²) >= 11 is 0. The van der Waals surface area contributed by atoms with Gasteiger partial charge in [-0.25, -0.2) is 4.98 Å². The smallest absolute Gasteiger partial charge is 0.247 e. The number of aromatic nitrogens is 6. The van der Waals surface area contributed by atoms with E-state index < -0.39 is 0 Å². The van der Waals surface area contributed by atoms with Crippen LogP contribution in [0.1, 0.15) is 12.5 Å². The molecule has 0 amide bonds. The third-order valence-corrected chi connectivity index (χ3v) is 4.09. The Kier molecular flexibility index (Phi) is 3.61. The van der Waals surface area contributed by atoms with Gasteiger partial charge in [0.25, 0.3) is 0 Å². The van der Waals surface area contributed by atoms with Crippen LogP contribution in [-0.2, 0) is 6.54 Å². The van der Waals surface area contributed by atoms with E-state index >= 15 is 0 Å². The molecule has 0 saturated heterocycles. The van der Waals surface area contributed by atoms with Gasteiger partial charge in [0.05, 0.1) is 17.8 Å². The van der Waals surface area contributed by atoms with Crippen LogP contribution in [0.3, 0.4) is 0 Å². The van der Waals surface area contributed by atoms with Crippen molar-refractivity contribution in [2.24, 2.45) is 0 Å². The molecular formula is C18H16N6O. The van der Waals surface area contributed by atoms with E-state index in [0.717, 1.165) is 33.3 Å². The largest absolute Gasteiger partial charge is 0.328 e. The van der Waals surface area contributed by atoms with E-state index in [1.165, 1.54) is 6.07 Å². The lowest BCUT2D eigenvalue weighted by atomic mass is 10.0. The number of tetrazole rings is 1. The molecule has 0 fully saturated rings. The molecule has 0 unspecified atom stereocenters. The van der Waals surface area contributed by atoms with E-state index in [4.69, 9.17) is 4.98 Å². The fourth-order valence-corrected chi connectivity index (χ4v) is 2.75. The van der Waals surface area contributed by atoms with Crippen LogP contribution in [-0.4, -0.2) is 30.2 Å². The summed E-state index contributed by atoms with van der Waals surface area (Å²) in [5, 5.41) is 13.5. The number of hydrogen-bond donors (Lipinski definition) is 1. The fourth-order valence-electron chi connectivity index (χ4n) is 2.75. The maximum absolute atomic E-state index is 11.3. The first-order valence-corrected chi connectivity index (χ1v) is 8.03. The van der Waals surface area contributed by atoms with Crippen molar-refractivity contribution in [1.82, 2.24) is 30.2 Å². The van der Waals surface area contributed by atoms with Crippen LogP contribution in [0.25, 0.3) is 33.5 Å². The van der Waals surface area contributed by atoms with E-state index in [1.54, 1.807) is 17.1 Å². The second-order valence-electron chi connectivity index (χ2n) is 5.80. The molecule has 4 rings (SSSR count). The molecule has 4 aromatic rings. The molecule has 0 aliphatic rings. The third kappa shape index (κ3) is 2.80. The summed E-state index contributed by atoms with van der Waals surface area (Å²) in [6, 6.07) is 11.3. The van der Waals surface area contributed by atoms with Gasteiger partial charge in [-0.2, -0.15) is 4.80 Å². The number of aryl methyl sites for hydroxylation is 2. The summed E-state index contributed by atoms with van der Waals surface area (Å²) in [6.45, 7) is 4.69. The lowest BCUT2D eigenvalue weighted by Crippen LogP contribution is -2.02. The van der Waals surface area contributed by atoms with Gasteiger partial charge in [-0.15, -0.1) is 10.2 Å². The zero-order chi connectivity index (χ0) is 17.4. The molecule has 1 N–H and O–H groups in total. The Bertz CT molecular complexity index is 1110. The van der Waals surface area contributed by atoms with Gasteiger partial charge in [0.1, 0.15) is 0 Å². The van der Waals surface area contributed by atoms with Crippen molar-refractivity contribution in [3.63, 3.8) is 0 Å². The number of hydrogen-bond acceptors (Lipinski definition) is 5. The average molecular weight is 332 g/mol. The molecule has 3 aromatic heterocycles. The Labute approximate surface area is 143 Å². The van der Waals surface area contributed by atoms with Gasteiger partial charge >= 0.3 is 0 Å². The van der Waals surface area contributed by atoms with Crippen LogP contribution in [0.15, 0.2) is 47.4 Å². The molecule has 0 aliphatic carbocycles. The molecule has 7 heteroatoms. The van der Waals surface area contributed by atoms with Gasteiger partial charge in [0.2, 0.25) is 11.4 Å². The Morgan fingerprint density at radius 1 is 1.12 bits per heavy atom. The van der Waals surface area contributed by atoms with Gasteiger partial charge in [-0.1, -0.05) is 12.1 Å². The normalized spacial score (nSPS) is 11.1. The molecule has 124 valence electrons. The number of aromatic amines is 1. The van der Waals surface area contributed by atoms with Crippen molar-refractivity contribution < 1.29 is 0 Å². The average Bonchev–Trinajstić information content (AvgIpc) is 3.11. The maximum atomic E-state index is 11.3. The first kappa shape index (κ1) is 15.2. The van der Waals surface area contributed by atoms with Crippen LogP contribution in [0.5, 0.6) is 0 Å². The minimum atomic E-state index is -0.131. The number of fused-ring (bicyclic) bond motifs is 1. The van der Waals surface area contributed by atoms with Crippen LogP contribution in [0.2, 0.25) is 0 Å². The summed E-state index contributed by atoms with van der Waals surface area (Å²) in [5.41, 5.74) is 4.38. The summed E-state index contributed by atoms with van der Waals surface area (Å²) in [5.74, 6) is 0.581. The first-order chi connectivity index (χ1) is 12.1. The zero-order valence-electron chi connectivity index (χ0n) is 13.9. The van der Waals surface area contributed by atoms with Gasteiger partial charge < -0.3 is 4.98 Å². The SMILES string of the molecule is CCn1nnc(-c2ccc3c(C)cc(-c4ccc(=O)[nH]c4)nc3c2)n1. The lowest BCUT2D eigenvalue weighted by Gasteiger charge is -2.07. The van der Waals surface area contributed by atoms with E-state index in [1.807, 2.05) is 38.1 Å². The molecule has 0 radical (unpaired) electrons. The topological polar surface area (TPSA) is 89.4 Å². The van der Waals surface area contributed by atoms with Crippen molar-refractivity contribution in [1.29, 1.82) is 0 Å². The second-order valence-corrected chi connectivity index (χ2v) is 5.80. The Hall–Kier alpha value is -3.35. The number of benzene rings is 1. The van der Waals surface area contributed by atoms with Crippen LogP contribution < -0.4 is 5.56 Å². The molecule has 0 spiro atoms. The van der Waals surface area contributed by atoms with Crippen molar-refractivity contribution >= 4 is 10.9 Å². The molecular weight excluding hydrogens is 316 g/mol. The van der Waals surface area contributed by atoms with E-state index in [2.05, 4.69) is 20.4 Å². The van der Waals surface area contributed by atoms with Gasteiger partial charge in [-0.05, 0) is 42.8 Å². The highest BCUT2D eigenvalue weighted by molar-refractivity contribution is 5.88. The number of H-pyrrole nitrogens is 1. The van der Waals surface area contributed by atoms with E-state index in [9.17, 15) is 4.79 Å². The quantitative estimate of drug-likeness (QED) is 0.623. The van der Waals surface area contributed by atoms with Gasteiger partial charge in [0.15, 0.2) is 0 Å². The summed E-state index contributed by atoms with van der Waals surface area (Å²) in [4.78, 5) is 20.2. The monoisotopic (exact) mass is 332 g/mol. The molecule has 25 heavy (non-hydrogen) atoms. The van der Waals surface area contributed by atoms with Crippen molar-refractivity contribution in [2.75, 3.05) is 0 Å². The Morgan fingerprint density at radius 2 is 1.96 bits per heavy atom. The summed E-state index contributed by atoms with van der Waals surface area (Å²) < 4.78 is 0. The zero-order valence-corrected chi connectivity index (χ0v) is 13.9. The molecule has 3 heterocycles. The fraction of sp³-hybridized carbons (Fsp3) is 0.167. The van der Waals surface area contributed by atoms with Crippen LogP contribution >= 0.6 is 0 Å². The predicted molar refractivity (Wildman–Crippen MR) is 95.0 cm³/mol. The first-order valence-electron chi connectivity index (χ1n) is 8.03. The lowest BCUT2D eigenvalue weighted by molar-refractivity contribution is 0.553. The molecule has 0 saturated carbocycles. The molecule has 0 atom stereocenters. The highest BCUT2D eigenvalue weighted by Gasteiger charge is 2.10. The highest BCUT2D eigenvalue weighted by atomic mass is 16.1. The predicted octanol–water partition coefficient (Wildman–Crippen LogP) is 2.57. The highest BCUT2D eigenvalue weighted by Crippen LogP contribution is 2.26. The summed E-state index contributed by atoms with van der Waals surface area (Å²) in [7, 11) is 0. The number of nitrogens with zero attached hydrogens (tertiary/aromatic N) is 5. The number of rotatable bonds is 3.